The van der Waals surface area contributed by atoms with Gasteiger partial charge in [-0.15, -0.1) is 11.8 Å². The Morgan fingerprint density at radius 1 is 1.00 bits per heavy atom. The molecule has 3 aromatic carbocycles. The van der Waals surface area contributed by atoms with E-state index >= 15 is 0 Å². The van der Waals surface area contributed by atoms with Crippen LogP contribution in [-0.4, -0.2) is 37.3 Å². The van der Waals surface area contributed by atoms with E-state index in [0.717, 1.165) is 16.0 Å². The van der Waals surface area contributed by atoms with Crippen LogP contribution >= 0.6 is 11.8 Å². The second-order valence-electron chi connectivity index (χ2n) is 7.71. The minimum atomic E-state index is -3.77. The molecule has 176 valence electrons. The van der Waals surface area contributed by atoms with Crippen LogP contribution < -0.4 is 9.47 Å². The largest absolute Gasteiger partial charge is 0.497 e. The Balaban J connectivity index is 1.67. The number of benzene rings is 3. The molecule has 0 saturated heterocycles. The number of fused-ring (bicyclic) bond motifs is 1. The first-order valence-corrected chi connectivity index (χ1v) is 12.8. The number of sulfone groups is 1. The van der Waals surface area contributed by atoms with Gasteiger partial charge >= 0.3 is 5.97 Å². The molecule has 7 nitrogen and oxygen atoms in total. The summed E-state index contributed by atoms with van der Waals surface area (Å²) in [4.78, 5) is 15.1. The van der Waals surface area contributed by atoms with Crippen LogP contribution in [0, 0.1) is 13.8 Å². The Bertz CT molecular complexity index is 1450. The normalized spacial score (nSPS) is 11.5. The molecule has 1 heterocycles. The van der Waals surface area contributed by atoms with Crippen molar-refractivity contribution in [1.29, 1.82) is 0 Å². The number of aromatic nitrogens is 1. The highest BCUT2D eigenvalue weighted by Crippen LogP contribution is 2.36. The van der Waals surface area contributed by atoms with Gasteiger partial charge in [0.25, 0.3) is 0 Å². The van der Waals surface area contributed by atoms with Gasteiger partial charge in [-0.05, 0) is 79.6 Å². The monoisotopic (exact) mass is 497 g/mol. The van der Waals surface area contributed by atoms with Crippen LogP contribution in [0.2, 0.25) is 0 Å². The predicted octanol–water partition coefficient (Wildman–Crippen LogP) is 5.60. The number of hydrogen-bond acceptors (Lipinski definition) is 6. The summed E-state index contributed by atoms with van der Waals surface area (Å²) in [5, 5.41) is 9.44. The quantitative estimate of drug-likeness (QED) is 0.305. The van der Waals surface area contributed by atoms with Crippen molar-refractivity contribution in [2.24, 2.45) is 0 Å². The van der Waals surface area contributed by atoms with Gasteiger partial charge < -0.3 is 19.6 Å². The van der Waals surface area contributed by atoms with E-state index in [-0.39, 0.29) is 15.5 Å². The first kappa shape index (κ1) is 23.7. The molecule has 0 unspecified atom stereocenters. The number of rotatable bonds is 8. The number of aromatic amines is 1. The predicted molar refractivity (Wildman–Crippen MR) is 131 cm³/mol. The molecule has 34 heavy (non-hydrogen) atoms. The van der Waals surface area contributed by atoms with Gasteiger partial charge in [-0.1, -0.05) is 0 Å². The van der Waals surface area contributed by atoms with Crippen molar-refractivity contribution < 1.29 is 27.8 Å². The zero-order valence-electron chi connectivity index (χ0n) is 18.8. The fraction of sp³-hybridized carbons (Fsp3) is 0.160. The van der Waals surface area contributed by atoms with Gasteiger partial charge in [-0.3, -0.25) is 4.79 Å². The molecular weight excluding hydrogens is 474 g/mol. The number of H-pyrrole nitrogens is 1. The van der Waals surface area contributed by atoms with E-state index in [0.29, 0.717) is 28.2 Å². The van der Waals surface area contributed by atoms with E-state index < -0.39 is 15.8 Å². The summed E-state index contributed by atoms with van der Waals surface area (Å²) in [6, 6.07) is 15.3. The highest BCUT2D eigenvalue weighted by atomic mass is 32.2. The molecule has 1 aromatic heterocycles. The smallest absolute Gasteiger partial charge is 0.313 e. The molecule has 0 bridgehead atoms. The molecule has 0 amide bonds. The maximum atomic E-state index is 13.3. The molecular formula is C25H23NO6S2. The van der Waals surface area contributed by atoms with Gasteiger partial charge in [-0.2, -0.15) is 0 Å². The SMILES string of the molecule is COc1ccc(S(=O)(=O)c2c[nH]c3ccc(Oc4c(C)cc(SCC(=O)O)cc4C)cc23)cc1. The highest BCUT2D eigenvalue weighted by Gasteiger charge is 2.22. The maximum absolute atomic E-state index is 13.3. The molecule has 0 radical (unpaired) electrons. The number of hydrogen-bond donors (Lipinski definition) is 2. The number of thioether (sulfide) groups is 1. The van der Waals surface area contributed by atoms with E-state index in [1.807, 2.05) is 26.0 Å². The van der Waals surface area contributed by atoms with E-state index in [1.54, 1.807) is 30.3 Å². The fourth-order valence-electron chi connectivity index (χ4n) is 3.66. The van der Waals surface area contributed by atoms with Gasteiger partial charge in [-0.25, -0.2) is 8.42 Å². The van der Waals surface area contributed by atoms with Crippen LogP contribution in [0.5, 0.6) is 17.2 Å². The summed E-state index contributed by atoms with van der Waals surface area (Å²) >= 11 is 1.25. The molecule has 4 rings (SSSR count). The Morgan fingerprint density at radius 3 is 2.26 bits per heavy atom. The first-order chi connectivity index (χ1) is 16.2. The lowest BCUT2D eigenvalue weighted by Gasteiger charge is -2.14. The molecule has 0 aliphatic heterocycles. The Hall–Kier alpha value is -3.43. The van der Waals surface area contributed by atoms with Gasteiger partial charge in [0, 0.05) is 22.0 Å². The summed E-state index contributed by atoms with van der Waals surface area (Å²) in [7, 11) is -2.24. The Morgan fingerprint density at radius 2 is 1.65 bits per heavy atom. The van der Waals surface area contributed by atoms with Gasteiger partial charge in [0.15, 0.2) is 0 Å². The third kappa shape index (κ3) is 4.76. The Labute approximate surface area is 201 Å². The van der Waals surface area contributed by atoms with Crippen LogP contribution in [0.3, 0.4) is 0 Å². The van der Waals surface area contributed by atoms with E-state index in [9.17, 15) is 13.2 Å². The van der Waals surface area contributed by atoms with Gasteiger partial charge in [0.2, 0.25) is 9.84 Å². The number of carboxylic acids is 1. The number of carbonyl (C=O) groups is 1. The van der Waals surface area contributed by atoms with E-state index in [2.05, 4.69) is 4.98 Å². The third-order valence-electron chi connectivity index (χ3n) is 5.29. The lowest BCUT2D eigenvalue weighted by atomic mass is 10.1. The summed E-state index contributed by atoms with van der Waals surface area (Å²) in [5.74, 6) is 0.825. The van der Waals surface area contributed by atoms with Crippen molar-refractivity contribution in [3.8, 4) is 17.2 Å². The fourth-order valence-corrected chi connectivity index (χ4v) is 5.89. The summed E-state index contributed by atoms with van der Waals surface area (Å²) in [5.41, 5.74) is 2.38. The lowest BCUT2D eigenvalue weighted by Crippen LogP contribution is -2.01. The number of nitrogens with one attached hydrogen (secondary N) is 1. The van der Waals surface area contributed by atoms with Crippen molar-refractivity contribution >= 4 is 38.5 Å². The number of methoxy groups -OCH3 is 1. The van der Waals surface area contributed by atoms with Crippen LogP contribution in [0.25, 0.3) is 10.9 Å². The average molecular weight is 498 g/mol. The van der Waals surface area contributed by atoms with Crippen LogP contribution in [0.15, 0.2) is 75.5 Å². The molecule has 2 N–H and O–H groups in total. The number of carboxylic acid groups (broad SMARTS) is 1. The standard InChI is InChI=1S/C25H23NO6S2/c1-15-10-19(33-14-24(27)28)11-16(2)25(15)32-18-6-9-22-21(12-18)23(13-26-22)34(29,30)20-7-4-17(31-3)5-8-20/h4-13,26H,14H2,1-3H3,(H,27,28). The lowest BCUT2D eigenvalue weighted by molar-refractivity contribution is -0.133. The second kappa shape index (κ2) is 9.44. The van der Waals surface area contributed by atoms with Crippen LogP contribution in [-0.2, 0) is 14.6 Å². The molecule has 0 spiro atoms. The number of ether oxygens (including phenoxy) is 2. The van der Waals surface area contributed by atoms with Crippen LogP contribution in [0.4, 0.5) is 0 Å². The topological polar surface area (TPSA) is 106 Å². The molecule has 4 aromatic rings. The van der Waals surface area contributed by atoms with E-state index in [1.165, 1.54) is 37.2 Å². The van der Waals surface area contributed by atoms with Crippen molar-refractivity contribution in [3.63, 3.8) is 0 Å². The minimum absolute atomic E-state index is 0.0192. The third-order valence-corrected chi connectivity index (χ3v) is 8.06. The van der Waals surface area contributed by atoms with E-state index in [4.69, 9.17) is 14.6 Å². The number of aryl methyl sites for hydroxylation is 2. The van der Waals surface area contributed by atoms with Crippen molar-refractivity contribution in [3.05, 3.63) is 71.9 Å². The summed E-state index contributed by atoms with van der Waals surface area (Å²) in [6.07, 6.45) is 1.49. The van der Waals surface area contributed by atoms with Gasteiger partial charge in [0.1, 0.15) is 17.2 Å². The molecule has 0 aliphatic carbocycles. The zero-order valence-corrected chi connectivity index (χ0v) is 20.4. The first-order valence-electron chi connectivity index (χ1n) is 10.3. The van der Waals surface area contributed by atoms with Gasteiger partial charge in [0.05, 0.1) is 22.7 Å². The summed E-state index contributed by atoms with van der Waals surface area (Å²) < 4.78 is 37.8. The van der Waals surface area contributed by atoms with Crippen molar-refractivity contribution in [2.45, 2.75) is 28.5 Å². The van der Waals surface area contributed by atoms with Crippen LogP contribution in [0.1, 0.15) is 11.1 Å². The molecule has 0 atom stereocenters. The number of aliphatic carboxylic acids is 1. The average Bonchev–Trinajstić information content (AvgIpc) is 3.24. The highest BCUT2D eigenvalue weighted by molar-refractivity contribution is 8.00. The Kier molecular flexibility index (Phi) is 6.58. The maximum Gasteiger partial charge on any atom is 0.313 e. The second-order valence-corrected chi connectivity index (χ2v) is 10.7. The molecule has 9 heteroatoms. The summed E-state index contributed by atoms with van der Waals surface area (Å²) in [6.45, 7) is 3.78. The molecule has 0 fully saturated rings. The molecule has 0 saturated carbocycles. The minimum Gasteiger partial charge on any atom is -0.497 e. The van der Waals surface area contributed by atoms with Crippen molar-refractivity contribution in [2.75, 3.05) is 12.9 Å². The zero-order chi connectivity index (χ0) is 24.5. The molecule has 0 aliphatic rings. The van der Waals surface area contributed by atoms with Crippen molar-refractivity contribution in [1.82, 2.24) is 4.98 Å².